The molecule has 0 aliphatic rings. The van der Waals surface area contributed by atoms with Crippen LogP contribution in [-0.2, 0) is 16.6 Å². The smallest absolute Gasteiger partial charge is 0.264 e. The van der Waals surface area contributed by atoms with Gasteiger partial charge in [0.2, 0.25) is 0 Å². The molecule has 0 aliphatic carbocycles. The number of sulfonamides is 1. The number of rotatable bonds is 8. The van der Waals surface area contributed by atoms with Gasteiger partial charge in [-0.05, 0) is 54.1 Å². The zero-order chi connectivity index (χ0) is 25.5. The fourth-order valence-corrected chi connectivity index (χ4v) is 4.79. The number of carbonyl (C=O) groups is 2. The van der Waals surface area contributed by atoms with Crippen LogP contribution in [0.15, 0.2) is 114 Å². The molecule has 2 N–H and O–H groups in total. The monoisotopic (exact) mass is 499 g/mol. The maximum Gasteiger partial charge on any atom is 0.264 e. The molecule has 4 aromatic carbocycles. The predicted octanol–water partition coefficient (Wildman–Crippen LogP) is 4.69. The van der Waals surface area contributed by atoms with E-state index in [0.717, 1.165) is 9.87 Å². The van der Waals surface area contributed by atoms with Crippen LogP contribution in [0.4, 0.5) is 11.4 Å². The Balaban J connectivity index is 1.45. The van der Waals surface area contributed by atoms with Crippen molar-refractivity contribution in [2.24, 2.45) is 0 Å². The number of para-hydroxylation sites is 1. The van der Waals surface area contributed by atoms with E-state index in [1.54, 1.807) is 66.7 Å². The summed E-state index contributed by atoms with van der Waals surface area (Å²) >= 11 is 0. The highest BCUT2D eigenvalue weighted by atomic mass is 32.2. The maximum atomic E-state index is 12.9. The lowest BCUT2D eigenvalue weighted by Crippen LogP contribution is -2.26. The number of nitrogens with zero attached hydrogens (tertiary/aromatic N) is 1. The largest absolute Gasteiger partial charge is 0.348 e. The SMILES string of the molecule is CN(c1ccc(C(=O)Nc2ccccc2C(=O)NCc2ccccc2)cc1)S(=O)(=O)c1ccccc1. The molecule has 0 fully saturated rings. The molecule has 8 heteroatoms. The van der Waals surface area contributed by atoms with Crippen LogP contribution in [0, 0.1) is 0 Å². The molecule has 0 spiro atoms. The average molecular weight is 500 g/mol. The summed E-state index contributed by atoms with van der Waals surface area (Å²) in [6, 6.07) is 30.6. The molecule has 0 heterocycles. The molecular weight excluding hydrogens is 474 g/mol. The van der Waals surface area contributed by atoms with Crippen molar-refractivity contribution >= 4 is 33.2 Å². The van der Waals surface area contributed by atoms with Gasteiger partial charge in [-0.2, -0.15) is 0 Å². The molecule has 0 radical (unpaired) electrons. The summed E-state index contributed by atoms with van der Waals surface area (Å²) in [7, 11) is -2.27. The zero-order valence-electron chi connectivity index (χ0n) is 19.6. The zero-order valence-corrected chi connectivity index (χ0v) is 20.4. The first-order valence-corrected chi connectivity index (χ1v) is 12.7. The van der Waals surface area contributed by atoms with Crippen molar-refractivity contribution in [1.82, 2.24) is 5.32 Å². The Kier molecular flexibility index (Phi) is 7.46. The molecule has 0 bridgehead atoms. The summed E-state index contributed by atoms with van der Waals surface area (Å²) < 4.78 is 26.9. The number of carbonyl (C=O) groups excluding carboxylic acids is 2. The van der Waals surface area contributed by atoms with Gasteiger partial charge in [-0.3, -0.25) is 13.9 Å². The molecule has 36 heavy (non-hydrogen) atoms. The molecule has 0 saturated carbocycles. The summed E-state index contributed by atoms with van der Waals surface area (Å²) in [6.07, 6.45) is 0. The minimum Gasteiger partial charge on any atom is -0.348 e. The maximum absolute atomic E-state index is 12.9. The molecule has 0 aliphatic heterocycles. The summed E-state index contributed by atoms with van der Waals surface area (Å²) in [6.45, 7) is 0.364. The van der Waals surface area contributed by atoms with Crippen LogP contribution in [0.25, 0.3) is 0 Å². The van der Waals surface area contributed by atoms with E-state index >= 15 is 0 Å². The third-order valence-corrected chi connectivity index (χ3v) is 7.41. The standard InChI is InChI=1S/C28H25N3O4S/c1-31(36(34,35)24-12-6-3-7-13-24)23-18-16-22(17-19-23)27(32)30-26-15-9-8-14-25(26)28(33)29-20-21-10-4-2-5-11-21/h2-19H,20H2,1H3,(H,29,33)(H,30,32). The highest BCUT2D eigenvalue weighted by molar-refractivity contribution is 7.92. The summed E-state index contributed by atoms with van der Waals surface area (Å²) in [5.74, 6) is -0.726. The van der Waals surface area contributed by atoms with Gasteiger partial charge in [-0.25, -0.2) is 8.42 Å². The van der Waals surface area contributed by atoms with Crippen molar-refractivity contribution in [3.05, 3.63) is 126 Å². The van der Waals surface area contributed by atoms with Gasteiger partial charge in [-0.15, -0.1) is 0 Å². The number of hydrogen-bond donors (Lipinski definition) is 2. The Labute approximate surface area is 210 Å². The second-order valence-corrected chi connectivity index (χ2v) is 9.97. The molecule has 182 valence electrons. The Morgan fingerprint density at radius 1 is 0.722 bits per heavy atom. The molecule has 0 atom stereocenters. The summed E-state index contributed by atoms with van der Waals surface area (Å²) in [4.78, 5) is 25.8. The number of benzene rings is 4. The molecule has 0 saturated heterocycles. The van der Waals surface area contributed by atoms with Crippen LogP contribution in [0.1, 0.15) is 26.3 Å². The second-order valence-electron chi connectivity index (χ2n) is 8.00. The van der Waals surface area contributed by atoms with Gasteiger partial charge in [0.05, 0.1) is 21.8 Å². The normalized spacial score (nSPS) is 10.9. The van der Waals surface area contributed by atoms with Crippen LogP contribution in [-0.4, -0.2) is 27.3 Å². The lowest BCUT2D eigenvalue weighted by Gasteiger charge is -2.19. The third kappa shape index (κ3) is 5.61. The summed E-state index contributed by atoms with van der Waals surface area (Å²) in [5.41, 5.74) is 2.42. The van der Waals surface area contributed by atoms with Crippen molar-refractivity contribution < 1.29 is 18.0 Å². The molecular formula is C28H25N3O4S. The van der Waals surface area contributed by atoms with Gasteiger partial charge in [0.15, 0.2) is 0 Å². The van der Waals surface area contributed by atoms with Crippen molar-refractivity contribution in [2.45, 2.75) is 11.4 Å². The Morgan fingerprint density at radius 3 is 1.97 bits per heavy atom. The van der Waals surface area contributed by atoms with Gasteiger partial charge in [0.25, 0.3) is 21.8 Å². The van der Waals surface area contributed by atoms with E-state index in [0.29, 0.717) is 29.0 Å². The molecule has 4 aromatic rings. The van der Waals surface area contributed by atoms with Crippen molar-refractivity contribution in [2.75, 3.05) is 16.7 Å². The van der Waals surface area contributed by atoms with Gasteiger partial charge < -0.3 is 10.6 Å². The summed E-state index contributed by atoms with van der Waals surface area (Å²) in [5, 5.41) is 5.64. The van der Waals surface area contributed by atoms with Gasteiger partial charge >= 0.3 is 0 Å². The first-order chi connectivity index (χ1) is 17.4. The van der Waals surface area contributed by atoms with Gasteiger partial charge in [-0.1, -0.05) is 60.7 Å². The van der Waals surface area contributed by atoms with E-state index in [1.807, 2.05) is 30.3 Å². The Morgan fingerprint density at radius 2 is 1.31 bits per heavy atom. The van der Waals surface area contributed by atoms with Crippen molar-refractivity contribution in [1.29, 1.82) is 0 Å². The lowest BCUT2D eigenvalue weighted by atomic mass is 10.1. The molecule has 4 rings (SSSR count). The molecule has 2 amide bonds. The van der Waals surface area contributed by atoms with Crippen LogP contribution in [0.5, 0.6) is 0 Å². The predicted molar refractivity (Wildman–Crippen MR) is 140 cm³/mol. The van der Waals surface area contributed by atoms with E-state index in [9.17, 15) is 18.0 Å². The number of hydrogen-bond acceptors (Lipinski definition) is 4. The van der Waals surface area contributed by atoms with Crippen molar-refractivity contribution in [3.63, 3.8) is 0 Å². The average Bonchev–Trinajstić information content (AvgIpc) is 2.92. The topological polar surface area (TPSA) is 95.6 Å². The van der Waals surface area contributed by atoms with E-state index in [-0.39, 0.29) is 10.8 Å². The molecule has 0 unspecified atom stereocenters. The number of amides is 2. The van der Waals surface area contributed by atoms with E-state index in [1.165, 1.54) is 19.2 Å². The Bertz CT molecular complexity index is 1460. The number of anilines is 2. The number of nitrogens with one attached hydrogen (secondary N) is 2. The van der Waals surface area contributed by atoms with Gasteiger partial charge in [0.1, 0.15) is 0 Å². The van der Waals surface area contributed by atoms with Crippen LogP contribution in [0.3, 0.4) is 0 Å². The quantitative estimate of drug-likeness (QED) is 0.368. The third-order valence-electron chi connectivity index (χ3n) is 5.61. The van der Waals surface area contributed by atoms with Crippen LogP contribution >= 0.6 is 0 Å². The van der Waals surface area contributed by atoms with E-state index < -0.39 is 15.9 Å². The highest BCUT2D eigenvalue weighted by Gasteiger charge is 2.21. The minimum absolute atomic E-state index is 0.177. The lowest BCUT2D eigenvalue weighted by molar-refractivity contribution is 0.0951. The van der Waals surface area contributed by atoms with E-state index in [4.69, 9.17) is 0 Å². The first kappa shape index (κ1) is 24.7. The molecule has 0 aromatic heterocycles. The van der Waals surface area contributed by atoms with Crippen LogP contribution in [0.2, 0.25) is 0 Å². The first-order valence-electron chi connectivity index (χ1n) is 11.2. The van der Waals surface area contributed by atoms with E-state index in [2.05, 4.69) is 10.6 Å². The fourth-order valence-electron chi connectivity index (χ4n) is 3.57. The van der Waals surface area contributed by atoms with Crippen molar-refractivity contribution in [3.8, 4) is 0 Å². The minimum atomic E-state index is -3.73. The fraction of sp³-hybridized carbons (Fsp3) is 0.0714. The van der Waals surface area contributed by atoms with Gasteiger partial charge in [0, 0.05) is 19.2 Å². The highest BCUT2D eigenvalue weighted by Crippen LogP contribution is 2.23. The van der Waals surface area contributed by atoms with Crippen LogP contribution < -0.4 is 14.9 Å². The Hall–Kier alpha value is -4.43. The second kappa shape index (κ2) is 10.9. The molecule has 7 nitrogen and oxygen atoms in total.